The zero-order valence-electron chi connectivity index (χ0n) is 13.6. The van der Waals surface area contributed by atoms with E-state index in [-0.39, 0.29) is 17.3 Å². The van der Waals surface area contributed by atoms with Gasteiger partial charge in [-0.2, -0.15) is 0 Å². The highest BCUT2D eigenvalue weighted by atomic mass is 16.3. The van der Waals surface area contributed by atoms with Crippen molar-refractivity contribution in [3.05, 3.63) is 88.8 Å². The number of aromatic hydroxyl groups is 1. The summed E-state index contributed by atoms with van der Waals surface area (Å²) in [5.74, 6) is -0.188. The third kappa shape index (κ3) is 2.84. The van der Waals surface area contributed by atoms with Gasteiger partial charge in [-0.25, -0.2) is 4.79 Å². The SMILES string of the molecule is O=C(Nc1ccccc1)c1ccc2c(c1)[nH]c(=O)n2-c1cccc(O)c1. The monoisotopic (exact) mass is 345 g/mol. The molecular weight excluding hydrogens is 330 g/mol. The van der Waals surface area contributed by atoms with E-state index in [2.05, 4.69) is 10.3 Å². The molecule has 6 heteroatoms. The van der Waals surface area contributed by atoms with Crippen LogP contribution in [0, 0.1) is 0 Å². The van der Waals surface area contributed by atoms with E-state index >= 15 is 0 Å². The summed E-state index contributed by atoms with van der Waals surface area (Å²) in [7, 11) is 0. The Morgan fingerprint density at radius 1 is 0.962 bits per heavy atom. The molecule has 0 bridgehead atoms. The first-order valence-corrected chi connectivity index (χ1v) is 8.02. The molecule has 3 aromatic carbocycles. The van der Waals surface area contributed by atoms with Gasteiger partial charge in [0.15, 0.2) is 0 Å². The molecule has 0 aliphatic heterocycles. The zero-order valence-corrected chi connectivity index (χ0v) is 13.6. The van der Waals surface area contributed by atoms with Crippen LogP contribution >= 0.6 is 0 Å². The van der Waals surface area contributed by atoms with Crippen molar-refractivity contribution in [2.75, 3.05) is 5.32 Å². The molecule has 0 aliphatic rings. The van der Waals surface area contributed by atoms with Gasteiger partial charge in [0.25, 0.3) is 5.91 Å². The molecule has 0 fully saturated rings. The molecule has 0 saturated carbocycles. The number of H-pyrrole nitrogens is 1. The largest absolute Gasteiger partial charge is 0.508 e. The number of imidazole rings is 1. The predicted octanol–water partition coefficient (Wildman–Crippen LogP) is 3.28. The number of phenolic OH excluding ortho intramolecular Hbond substituents is 1. The normalized spacial score (nSPS) is 10.8. The number of carbonyl (C=O) groups excluding carboxylic acids is 1. The lowest BCUT2D eigenvalue weighted by molar-refractivity contribution is 0.102. The van der Waals surface area contributed by atoms with Crippen LogP contribution in [0.25, 0.3) is 16.7 Å². The minimum absolute atomic E-state index is 0.0719. The average Bonchev–Trinajstić information content (AvgIpc) is 2.97. The molecule has 0 saturated heterocycles. The van der Waals surface area contributed by atoms with E-state index in [0.717, 1.165) is 0 Å². The topological polar surface area (TPSA) is 87.1 Å². The van der Waals surface area contributed by atoms with Crippen LogP contribution in [-0.2, 0) is 0 Å². The van der Waals surface area contributed by atoms with Gasteiger partial charge in [0.05, 0.1) is 16.7 Å². The van der Waals surface area contributed by atoms with Crippen LogP contribution in [0.3, 0.4) is 0 Å². The van der Waals surface area contributed by atoms with E-state index in [0.29, 0.717) is 28.0 Å². The maximum atomic E-state index is 12.4. The number of aromatic nitrogens is 2. The number of aromatic amines is 1. The number of rotatable bonds is 3. The number of fused-ring (bicyclic) bond motifs is 1. The van der Waals surface area contributed by atoms with Crippen molar-refractivity contribution in [3.8, 4) is 11.4 Å². The molecule has 1 aromatic heterocycles. The number of benzene rings is 3. The minimum atomic E-state index is -0.341. The van der Waals surface area contributed by atoms with Crippen molar-refractivity contribution in [3.63, 3.8) is 0 Å². The van der Waals surface area contributed by atoms with Gasteiger partial charge in [-0.1, -0.05) is 24.3 Å². The summed E-state index contributed by atoms with van der Waals surface area (Å²) in [6.07, 6.45) is 0. The number of hydrogen-bond acceptors (Lipinski definition) is 3. The van der Waals surface area contributed by atoms with Crippen LogP contribution in [-0.4, -0.2) is 20.6 Å². The van der Waals surface area contributed by atoms with Crippen LogP contribution in [0.4, 0.5) is 5.69 Å². The average molecular weight is 345 g/mol. The highest BCUT2D eigenvalue weighted by Gasteiger charge is 2.12. The molecule has 0 aliphatic carbocycles. The smallest absolute Gasteiger partial charge is 0.331 e. The highest BCUT2D eigenvalue weighted by molar-refractivity contribution is 6.06. The zero-order chi connectivity index (χ0) is 18.1. The quantitative estimate of drug-likeness (QED) is 0.532. The lowest BCUT2D eigenvalue weighted by atomic mass is 10.1. The van der Waals surface area contributed by atoms with E-state index in [4.69, 9.17) is 0 Å². The van der Waals surface area contributed by atoms with Gasteiger partial charge in [0.1, 0.15) is 5.75 Å². The Bertz CT molecular complexity index is 1160. The fraction of sp³-hybridized carbons (Fsp3) is 0. The molecule has 3 N–H and O–H groups in total. The van der Waals surface area contributed by atoms with Crippen LogP contribution in [0.2, 0.25) is 0 Å². The number of phenols is 1. The van der Waals surface area contributed by atoms with Crippen molar-refractivity contribution >= 4 is 22.6 Å². The number of para-hydroxylation sites is 1. The molecule has 4 rings (SSSR count). The summed E-state index contributed by atoms with van der Waals surface area (Å²) in [4.78, 5) is 27.5. The van der Waals surface area contributed by atoms with Crippen molar-refractivity contribution < 1.29 is 9.90 Å². The Hall–Kier alpha value is -3.80. The van der Waals surface area contributed by atoms with E-state index < -0.39 is 0 Å². The van der Waals surface area contributed by atoms with Crippen LogP contribution in [0.15, 0.2) is 77.6 Å². The van der Waals surface area contributed by atoms with E-state index in [1.165, 1.54) is 16.7 Å². The molecule has 26 heavy (non-hydrogen) atoms. The highest BCUT2D eigenvalue weighted by Crippen LogP contribution is 2.20. The molecule has 128 valence electrons. The van der Waals surface area contributed by atoms with Crippen LogP contribution in [0.5, 0.6) is 5.75 Å². The minimum Gasteiger partial charge on any atom is -0.508 e. The first-order chi connectivity index (χ1) is 12.6. The Balaban J connectivity index is 1.73. The molecule has 6 nitrogen and oxygen atoms in total. The Morgan fingerprint density at radius 3 is 2.54 bits per heavy atom. The standard InChI is InChI=1S/C20H15N3O3/c24-16-8-4-7-15(12-16)23-18-10-9-13(11-17(18)22-20(23)26)19(25)21-14-5-2-1-3-6-14/h1-12,24H,(H,21,25)(H,22,26). The second-order valence-corrected chi connectivity index (χ2v) is 5.84. The third-order valence-electron chi connectivity index (χ3n) is 4.06. The fourth-order valence-corrected chi connectivity index (χ4v) is 2.87. The first-order valence-electron chi connectivity index (χ1n) is 8.02. The molecule has 0 unspecified atom stereocenters. The van der Waals surface area contributed by atoms with E-state index in [1.807, 2.05) is 18.2 Å². The van der Waals surface area contributed by atoms with Gasteiger partial charge in [-0.3, -0.25) is 9.36 Å². The molecule has 1 amide bonds. The van der Waals surface area contributed by atoms with Gasteiger partial charge in [0.2, 0.25) is 0 Å². The van der Waals surface area contributed by atoms with Crippen molar-refractivity contribution in [2.45, 2.75) is 0 Å². The van der Waals surface area contributed by atoms with Gasteiger partial charge in [0, 0.05) is 17.3 Å². The number of amides is 1. The summed E-state index contributed by atoms with van der Waals surface area (Å²) in [5, 5.41) is 12.5. The van der Waals surface area contributed by atoms with Gasteiger partial charge < -0.3 is 15.4 Å². The summed E-state index contributed by atoms with van der Waals surface area (Å²) in [6.45, 7) is 0. The number of hydrogen-bond donors (Lipinski definition) is 3. The molecule has 0 radical (unpaired) electrons. The van der Waals surface area contributed by atoms with Crippen LogP contribution < -0.4 is 11.0 Å². The number of carbonyl (C=O) groups is 1. The van der Waals surface area contributed by atoms with Crippen molar-refractivity contribution in [1.82, 2.24) is 9.55 Å². The maximum absolute atomic E-state index is 12.4. The molecule has 4 aromatic rings. The Kier molecular flexibility index (Phi) is 3.78. The van der Waals surface area contributed by atoms with E-state index in [9.17, 15) is 14.7 Å². The van der Waals surface area contributed by atoms with Crippen molar-refractivity contribution in [1.29, 1.82) is 0 Å². The lowest BCUT2D eigenvalue weighted by Crippen LogP contribution is -2.14. The summed E-state index contributed by atoms with van der Waals surface area (Å²) in [6, 6.07) is 20.6. The van der Waals surface area contributed by atoms with Crippen LogP contribution in [0.1, 0.15) is 10.4 Å². The Morgan fingerprint density at radius 2 is 1.77 bits per heavy atom. The lowest BCUT2D eigenvalue weighted by Gasteiger charge is -2.06. The number of nitrogens with zero attached hydrogens (tertiary/aromatic N) is 1. The molecular formula is C20H15N3O3. The number of nitrogens with one attached hydrogen (secondary N) is 2. The first kappa shape index (κ1) is 15.7. The molecule has 0 atom stereocenters. The second kappa shape index (κ2) is 6.25. The summed E-state index contributed by atoms with van der Waals surface area (Å²) >= 11 is 0. The molecule has 0 spiro atoms. The summed E-state index contributed by atoms with van der Waals surface area (Å²) in [5.41, 5.74) is 2.50. The summed E-state index contributed by atoms with van der Waals surface area (Å²) < 4.78 is 1.45. The second-order valence-electron chi connectivity index (χ2n) is 5.84. The van der Waals surface area contributed by atoms with Gasteiger partial charge in [-0.05, 0) is 42.5 Å². The third-order valence-corrected chi connectivity index (χ3v) is 4.06. The predicted molar refractivity (Wildman–Crippen MR) is 100.0 cm³/mol. The molecule has 1 heterocycles. The number of anilines is 1. The maximum Gasteiger partial charge on any atom is 0.331 e. The van der Waals surface area contributed by atoms with Gasteiger partial charge >= 0.3 is 5.69 Å². The van der Waals surface area contributed by atoms with Gasteiger partial charge in [-0.15, -0.1) is 0 Å². The fourth-order valence-electron chi connectivity index (χ4n) is 2.87. The van der Waals surface area contributed by atoms with E-state index in [1.54, 1.807) is 42.5 Å². The Labute approximate surface area is 148 Å². The van der Waals surface area contributed by atoms with Crippen molar-refractivity contribution in [2.24, 2.45) is 0 Å².